The second-order valence-electron chi connectivity index (χ2n) is 9.14. The Labute approximate surface area is 211 Å². The maximum Gasteiger partial charge on any atom is 0.338 e. The minimum absolute atomic E-state index is 0.179. The van der Waals surface area contributed by atoms with Gasteiger partial charge in [-0.2, -0.15) is 0 Å². The lowest BCUT2D eigenvalue weighted by Gasteiger charge is -2.26. The normalized spacial score (nSPS) is 21.1. The molecule has 0 amide bonds. The summed E-state index contributed by atoms with van der Waals surface area (Å²) in [6.07, 6.45) is -1.40. The van der Waals surface area contributed by atoms with Gasteiger partial charge in [0.2, 0.25) is 0 Å². The molecule has 1 saturated heterocycles. The van der Waals surface area contributed by atoms with Gasteiger partial charge in [0.05, 0.1) is 31.5 Å². The molecule has 1 heterocycles. The van der Waals surface area contributed by atoms with E-state index in [0.717, 1.165) is 11.3 Å². The summed E-state index contributed by atoms with van der Waals surface area (Å²) in [7, 11) is 1.61. The van der Waals surface area contributed by atoms with E-state index in [-0.39, 0.29) is 25.6 Å². The summed E-state index contributed by atoms with van der Waals surface area (Å²) >= 11 is 0. The molecule has 4 atom stereocenters. The maximum atomic E-state index is 15.6. The Morgan fingerprint density at radius 2 is 1.83 bits per heavy atom. The third kappa shape index (κ3) is 7.86. The largest absolute Gasteiger partial charge is 0.497 e. The van der Waals surface area contributed by atoms with Crippen molar-refractivity contribution in [2.75, 3.05) is 13.7 Å². The summed E-state index contributed by atoms with van der Waals surface area (Å²) in [5.74, 6) is -1.59. The van der Waals surface area contributed by atoms with E-state index in [1.54, 1.807) is 51.3 Å². The zero-order valence-electron chi connectivity index (χ0n) is 21.2. The van der Waals surface area contributed by atoms with Crippen molar-refractivity contribution in [2.24, 2.45) is 0 Å². The quantitative estimate of drug-likeness (QED) is 0.410. The van der Waals surface area contributed by atoms with Crippen LogP contribution < -0.4 is 4.74 Å². The summed E-state index contributed by atoms with van der Waals surface area (Å²) in [5, 5.41) is 9.48. The van der Waals surface area contributed by atoms with Crippen LogP contribution in [0.1, 0.15) is 49.5 Å². The Balaban J connectivity index is 1.71. The molecular formula is C28H35FO7. The number of ether oxygens (including phenoxy) is 5. The molecular weight excluding hydrogens is 467 g/mol. The summed E-state index contributed by atoms with van der Waals surface area (Å²) in [6.45, 7) is 5.42. The smallest absolute Gasteiger partial charge is 0.338 e. The van der Waals surface area contributed by atoms with Crippen molar-refractivity contribution in [3.8, 4) is 5.75 Å². The number of carbonyl (C=O) groups is 1. The first-order valence-corrected chi connectivity index (χ1v) is 12.0. The molecule has 0 aliphatic carbocycles. The molecule has 0 aromatic heterocycles. The fourth-order valence-electron chi connectivity index (χ4n) is 3.93. The highest BCUT2D eigenvalue weighted by Crippen LogP contribution is 2.35. The Hall–Kier alpha value is -2.78. The van der Waals surface area contributed by atoms with Gasteiger partial charge < -0.3 is 28.8 Å². The number of hydrogen-bond acceptors (Lipinski definition) is 7. The van der Waals surface area contributed by atoms with Gasteiger partial charge in [-0.25, -0.2) is 9.18 Å². The van der Waals surface area contributed by atoms with E-state index in [2.05, 4.69) is 0 Å². The van der Waals surface area contributed by atoms with Crippen molar-refractivity contribution in [2.45, 2.75) is 70.4 Å². The lowest BCUT2D eigenvalue weighted by molar-refractivity contribution is -0.155. The highest BCUT2D eigenvalue weighted by molar-refractivity contribution is 5.89. The van der Waals surface area contributed by atoms with Crippen LogP contribution >= 0.6 is 0 Å². The number of aliphatic hydroxyl groups is 1. The topological polar surface area (TPSA) is 83.5 Å². The second kappa shape index (κ2) is 13.0. The number of methoxy groups -OCH3 is 1. The van der Waals surface area contributed by atoms with Crippen LogP contribution in [-0.4, -0.2) is 55.0 Å². The molecule has 2 aromatic rings. The molecule has 1 N–H and O–H groups in total. The molecule has 196 valence electrons. The minimum atomic E-state index is -1.34. The summed E-state index contributed by atoms with van der Waals surface area (Å²) in [5.41, 5.74) is 1.26. The van der Waals surface area contributed by atoms with Crippen LogP contribution in [0.25, 0.3) is 0 Å². The van der Waals surface area contributed by atoms with Gasteiger partial charge in [0.15, 0.2) is 11.9 Å². The molecule has 1 aliphatic rings. The van der Waals surface area contributed by atoms with Gasteiger partial charge in [0.25, 0.3) is 0 Å². The number of esters is 1. The van der Waals surface area contributed by atoms with Gasteiger partial charge in [-0.05, 0) is 69.5 Å². The average molecular weight is 503 g/mol. The van der Waals surface area contributed by atoms with Crippen LogP contribution in [0.15, 0.2) is 66.5 Å². The van der Waals surface area contributed by atoms with E-state index in [0.29, 0.717) is 12.2 Å². The molecule has 1 aliphatic heterocycles. The van der Waals surface area contributed by atoms with Crippen molar-refractivity contribution in [1.82, 2.24) is 0 Å². The van der Waals surface area contributed by atoms with Gasteiger partial charge in [0, 0.05) is 6.61 Å². The van der Waals surface area contributed by atoms with Crippen LogP contribution in [0.3, 0.4) is 0 Å². The highest BCUT2D eigenvalue weighted by atomic mass is 19.1. The van der Waals surface area contributed by atoms with Gasteiger partial charge >= 0.3 is 5.97 Å². The van der Waals surface area contributed by atoms with E-state index in [1.807, 2.05) is 31.2 Å². The zero-order valence-corrected chi connectivity index (χ0v) is 21.2. The lowest BCUT2D eigenvalue weighted by atomic mass is 10.0. The predicted molar refractivity (Wildman–Crippen MR) is 132 cm³/mol. The Bertz CT molecular complexity index is 991. The van der Waals surface area contributed by atoms with Crippen LogP contribution in [0.2, 0.25) is 0 Å². The molecule has 0 radical (unpaired) electrons. The lowest BCUT2D eigenvalue weighted by Crippen LogP contribution is -2.40. The Morgan fingerprint density at radius 1 is 1.14 bits per heavy atom. The van der Waals surface area contributed by atoms with Gasteiger partial charge in [0.1, 0.15) is 17.7 Å². The van der Waals surface area contributed by atoms with Crippen molar-refractivity contribution >= 4 is 5.97 Å². The van der Waals surface area contributed by atoms with Gasteiger partial charge in [-0.1, -0.05) is 30.3 Å². The molecule has 0 bridgehead atoms. The Kier molecular flexibility index (Phi) is 10.0. The molecule has 7 nitrogen and oxygen atoms in total. The molecule has 8 heteroatoms. The van der Waals surface area contributed by atoms with Crippen molar-refractivity contribution in [3.05, 3.63) is 77.6 Å². The van der Waals surface area contributed by atoms with Crippen LogP contribution in [0.4, 0.5) is 4.39 Å². The van der Waals surface area contributed by atoms with E-state index in [9.17, 15) is 9.90 Å². The summed E-state index contributed by atoms with van der Waals surface area (Å²) in [6, 6.07) is 15.9. The predicted octanol–water partition coefficient (Wildman–Crippen LogP) is 4.97. The van der Waals surface area contributed by atoms with E-state index in [1.165, 1.54) is 6.08 Å². The number of benzene rings is 2. The third-order valence-corrected chi connectivity index (χ3v) is 5.79. The number of rotatable bonds is 12. The van der Waals surface area contributed by atoms with Crippen molar-refractivity contribution in [1.29, 1.82) is 0 Å². The van der Waals surface area contributed by atoms with Crippen LogP contribution in [0.5, 0.6) is 5.75 Å². The molecule has 36 heavy (non-hydrogen) atoms. The summed E-state index contributed by atoms with van der Waals surface area (Å²) in [4.78, 5) is 12.8. The molecule has 3 rings (SSSR count). The van der Waals surface area contributed by atoms with Gasteiger partial charge in [-0.3, -0.25) is 0 Å². The first-order chi connectivity index (χ1) is 17.2. The van der Waals surface area contributed by atoms with Crippen LogP contribution in [0, 0.1) is 0 Å². The minimum Gasteiger partial charge on any atom is -0.497 e. The van der Waals surface area contributed by atoms with Crippen molar-refractivity contribution in [3.63, 3.8) is 0 Å². The molecule has 3 unspecified atom stereocenters. The van der Waals surface area contributed by atoms with Crippen LogP contribution in [-0.2, 0) is 25.6 Å². The number of hydrogen-bond donors (Lipinski definition) is 1. The molecule has 0 saturated carbocycles. The SMILES string of the molecule is COc1ccc(CO[C@H](C)C/C=C(/F)C(OC(=O)c2ccccc2)C2OC(C)(C)OC2CCO)cc1. The van der Waals surface area contributed by atoms with E-state index >= 15 is 4.39 Å². The first kappa shape index (κ1) is 27.8. The second-order valence-corrected chi connectivity index (χ2v) is 9.14. The summed E-state index contributed by atoms with van der Waals surface area (Å²) < 4.78 is 44.0. The maximum absolute atomic E-state index is 15.6. The average Bonchev–Trinajstić information content (AvgIpc) is 3.18. The van der Waals surface area contributed by atoms with Crippen molar-refractivity contribution < 1.29 is 38.0 Å². The molecule has 0 spiro atoms. The number of halogens is 1. The monoisotopic (exact) mass is 502 g/mol. The fraction of sp³-hybridized carbons (Fsp3) is 0.464. The third-order valence-electron chi connectivity index (χ3n) is 5.79. The van der Waals surface area contributed by atoms with Gasteiger partial charge in [-0.15, -0.1) is 0 Å². The molecule has 1 fully saturated rings. The standard InChI is InChI=1S/C28H35FO7/c1-19(33-18-20-11-13-22(32-4)14-12-20)10-15-23(29)25(34-27(31)21-8-6-5-7-9-21)26-24(16-17-30)35-28(2,3)36-26/h5-9,11-15,19,24-26,30H,10,16-18H2,1-4H3/b23-15+/t19-,24?,25?,26?/m1/s1. The highest BCUT2D eigenvalue weighted by Gasteiger charge is 2.47. The first-order valence-electron chi connectivity index (χ1n) is 12.0. The number of carbonyl (C=O) groups excluding carboxylic acids is 1. The number of aliphatic hydroxyl groups excluding tert-OH is 1. The zero-order chi connectivity index (χ0) is 26.1. The Morgan fingerprint density at radius 3 is 2.47 bits per heavy atom. The molecule has 2 aromatic carbocycles. The van der Waals surface area contributed by atoms with E-state index in [4.69, 9.17) is 23.7 Å². The fourth-order valence-corrected chi connectivity index (χ4v) is 3.93. The van der Waals surface area contributed by atoms with E-state index < -0.39 is 35.9 Å².